The fourth-order valence-corrected chi connectivity index (χ4v) is 3.88. The maximum absolute atomic E-state index is 11.2. The molecule has 5 heteroatoms. The lowest BCUT2D eigenvalue weighted by atomic mass is 10.1. The Hall–Kier alpha value is -1.72. The monoisotopic (exact) mass is 316 g/mol. The molecule has 1 N–H and O–H groups in total. The summed E-state index contributed by atoms with van der Waals surface area (Å²) < 4.78 is 0. The van der Waals surface area contributed by atoms with Crippen molar-refractivity contribution in [3.8, 4) is 0 Å². The summed E-state index contributed by atoms with van der Waals surface area (Å²) in [6.07, 6.45) is 5.57. The fraction of sp³-hybridized carbons (Fsp3) is 0.412. The topological polar surface area (TPSA) is 53.4 Å². The van der Waals surface area contributed by atoms with E-state index in [-0.39, 0.29) is 6.04 Å². The first-order chi connectivity index (χ1) is 10.7. The molecule has 0 amide bonds. The quantitative estimate of drug-likeness (QED) is 0.890. The number of carboxylic acids is 1. The molecule has 1 aromatic carbocycles. The molecule has 1 atom stereocenters. The van der Waals surface area contributed by atoms with Crippen molar-refractivity contribution in [1.29, 1.82) is 0 Å². The number of hydrogen-bond acceptors (Lipinski definition) is 4. The van der Waals surface area contributed by atoms with Gasteiger partial charge in [0.05, 0.1) is 5.01 Å². The normalized spacial score (nSPS) is 18.6. The first-order valence-electron chi connectivity index (χ1n) is 7.67. The standard InChI is InChI=1S/C17H20N2O2S/c20-17(21)15-7-4-10-19(15)12-14-11-18-16(22-14)9-8-13-5-2-1-3-6-13/h1-3,5-6,11,15H,4,7-10,12H2,(H,20,21). The Bertz CT molecular complexity index is 627. The Morgan fingerprint density at radius 3 is 2.91 bits per heavy atom. The molecule has 0 saturated carbocycles. The first-order valence-corrected chi connectivity index (χ1v) is 8.48. The van der Waals surface area contributed by atoms with Gasteiger partial charge in [-0.05, 0) is 31.4 Å². The number of hydrogen-bond donors (Lipinski definition) is 1. The van der Waals surface area contributed by atoms with Gasteiger partial charge in [0.2, 0.25) is 0 Å². The molecule has 116 valence electrons. The maximum Gasteiger partial charge on any atom is 0.320 e. The molecule has 1 unspecified atom stereocenters. The third-order valence-electron chi connectivity index (χ3n) is 4.08. The molecule has 1 fully saturated rings. The minimum Gasteiger partial charge on any atom is -0.480 e. The van der Waals surface area contributed by atoms with E-state index in [2.05, 4.69) is 34.1 Å². The molecule has 0 spiro atoms. The SMILES string of the molecule is O=C(O)C1CCCN1Cc1cnc(CCc2ccccc2)s1. The second-order valence-corrected chi connectivity index (χ2v) is 6.87. The molecule has 3 rings (SSSR count). The Morgan fingerprint density at radius 1 is 1.32 bits per heavy atom. The van der Waals surface area contributed by atoms with Crippen LogP contribution >= 0.6 is 11.3 Å². The van der Waals surface area contributed by atoms with Crippen LogP contribution in [0.3, 0.4) is 0 Å². The zero-order valence-corrected chi connectivity index (χ0v) is 13.3. The molecule has 1 aliphatic heterocycles. The van der Waals surface area contributed by atoms with Crippen molar-refractivity contribution >= 4 is 17.3 Å². The van der Waals surface area contributed by atoms with Gasteiger partial charge in [-0.2, -0.15) is 0 Å². The highest BCUT2D eigenvalue weighted by Crippen LogP contribution is 2.23. The molecule has 1 aliphatic rings. The van der Waals surface area contributed by atoms with Crippen molar-refractivity contribution in [3.05, 3.63) is 52.0 Å². The number of carbonyl (C=O) groups is 1. The summed E-state index contributed by atoms with van der Waals surface area (Å²) in [6, 6.07) is 10.1. The van der Waals surface area contributed by atoms with Crippen LogP contribution in [-0.2, 0) is 24.2 Å². The average molecular weight is 316 g/mol. The number of rotatable bonds is 6. The Morgan fingerprint density at radius 2 is 2.14 bits per heavy atom. The molecule has 0 bridgehead atoms. The predicted molar refractivity (Wildman–Crippen MR) is 87.0 cm³/mol. The number of aliphatic carboxylic acids is 1. The van der Waals surface area contributed by atoms with Crippen LogP contribution in [0.4, 0.5) is 0 Å². The lowest BCUT2D eigenvalue weighted by molar-refractivity contribution is -0.142. The van der Waals surface area contributed by atoms with E-state index >= 15 is 0 Å². The van der Waals surface area contributed by atoms with E-state index < -0.39 is 5.97 Å². The lowest BCUT2D eigenvalue weighted by Crippen LogP contribution is -2.35. The van der Waals surface area contributed by atoms with E-state index in [1.807, 2.05) is 12.3 Å². The van der Waals surface area contributed by atoms with Gasteiger partial charge >= 0.3 is 5.97 Å². The maximum atomic E-state index is 11.2. The van der Waals surface area contributed by atoms with Crippen molar-refractivity contribution < 1.29 is 9.90 Å². The zero-order valence-electron chi connectivity index (χ0n) is 12.4. The first kappa shape index (κ1) is 15.2. The molecule has 4 nitrogen and oxygen atoms in total. The number of aryl methyl sites for hydroxylation is 2. The van der Waals surface area contributed by atoms with E-state index in [1.54, 1.807) is 11.3 Å². The Balaban J connectivity index is 1.56. The highest BCUT2D eigenvalue weighted by molar-refractivity contribution is 7.11. The van der Waals surface area contributed by atoms with Crippen molar-refractivity contribution in [3.63, 3.8) is 0 Å². The fourth-order valence-electron chi connectivity index (χ4n) is 2.93. The van der Waals surface area contributed by atoms with Gasteiger partial charge in [0, 0.05) is 24.0 Å². The number of benzene rings is 1. The molecule has 2 aromatic rings. The number of aromatic nitrogens is 1. The van der Waals surface area contributed by atoms with Crippen molar-refractivity contribution in [2.75, 3.05) is 6.54 Å². The van der Waals surface area contributed by atoms with Crippen LogP contribution in [0.2, 0.25) is 0 Å². The summed E-state index contributed by atoms with van der Waals surface area (Å²) in [5, 5.41) is 10.4. The third-order valence-corrected chi connectivity index (χ3v) is 5.12. The van der Waals surface area contributed by atoms with Gasteiger partial charge in [0.25, 0.3) is 0 Å². The summed E-state index contributed by atoms with van der Waals surface area (Å²) >= 11 is 1.71. The molecule has 0 radical (unpaired) electrons. The second kappa shape index (κ2) is 7.03. The zero-order chi connectivity index (χ0) is 15.4. The average Bonchev–Trinajstić information content (AvgIpc) is 3.16. The van der Waals surface area contributed by atoms with Crippen LogP contribution in [0.25, 0.3) is 0 Å². The minimum atomic E-state index is -0.702. The second-order valence-electron chi connectivity index (χ2n) is 5.67. The van der Waals surface area contributed by atoms with E-state index in [9.17, 15) is 9.90 Å². The van der Waals surface area contributed by atoms with Gasteiger partial charge in [-0.15, -0.1) is 11.3 Å². The van der Waals surface area contributed by atoms with Crippen LogP contribution in [0.5, 0.6) is 0 Å². The van der Waals surface area contributed by atoms with Gasteiger partial charge in [-0.25, -0.2) is 4.98 Å². The van der Waals surface area contributed by atoms with Gasteiger partial charge in [-0.1, -0.05) is 30.3 Å². The Kier molecular flexibility index (Phi) is 4.85. The van der Waals surface area contributed by atoms with E-state index in [0.29, 0.717) is 6.54 Å². The summed E-state index contributed by atoms with van der Waals surface area (Å²) in [7, 11) is 0. The van der Waals surface area contributed by atoms with Gasteiger partial charge in [0.15, 0.2) is 0 Å². The molecule has 1 saturated heterocycles. The van der Waals surface area contributed by atoms with Gasteiger partial charge in [-0.3, -0.25) is 9.69 Å². The van der Waals surface area contributed by atoms with Crippen LogP contribution in [0, 0.1) is 0 Å². The summed E-state index contributed by atoms with van der Waals surface area (Å²) in [5.74, 6) is -0.702. The molecule has 1 aromatic heterocycles. The van der Waals surface area contributed by atoms with E-state index in [0.717, 1.165) is 42.1 Å². The number of nitrogens with zero attached hydrogens (tertiary/aromatic N) is 2. The predicted octanol–water partition coefficient (Wildman–Crippen LogP) is 2.98. The molecule has 22 heavy (non-hydrogen) atoms. The largest absolute Gasteiger partial charge is 0.480 e. The summed E-state index contributed by atoms with van der Waals surface area (Å²) in [4.78, 5) is 18.9. The van der Waals surface area contributed by atoms with E-state index in [1.165, 1.54) is 5.56 Å². The van der Waals surface area contributed by atoms with Gasteiger partial charge in [0.1, 0.15) is 6.04 Å². The molecular formula is C17H20N2O2S. The lowest BCUT2D eigenvalue weighted by Gasteiger charge is -2.19. The van der Waals surface area contributed by atoms with Crippen LogP contribution in [0.15, 0.2) is 36.5 Å². The minimum absolute atomic E-state index is 0.324. The Labute approximate surface area is 134 Å². The van der Waals surface area contributed by atoms with Gasteiger partial charge < -0.3 is 5.11 Å². The smallest absolute Gasteiger partial charge is 0.320 e. The molecule has 0 aliphatic carbocycles. The van der Waals surface area contributed by atoms with Crippen LogP contribution < -0.4 is 0 Å². The van der Waals surface area contributed by atoms with Crippen molar-refractivity contribution in [2.45, 2.75) is 38.3 Å². The third kappa shape index (κ3) is 3.72. The number of carboxylic acid groups (broad SMARTS) is 1. The van der Waals surface area contributed by atoms with Crippen LogP contribution in [0.1, 0.15) is 28.3 Å². The summed E-state index contributed by atoms with van der Waals surface area (Å²) in [5.41, 5.74) is 1.32. The highest BCUT2D eigenvalue weighted by Gasteiger charge is 2.30. The van der Waals surface area contributed by atoms with Crippen LogP contribution in [-0.4, -0.2) is 33.5 Å². The summed E-state index contributed by atoms with van der Waals surface area (Å²) in [6.45, 7) is 1.58. The number of thiazole rings is 1. The van der Waals surface area contributed by atoms with E-state index in [4.69, 9.17) is 0 Å². The highest BCUT2D eigenvalue weighted by atomic mass is 32.1. The molecule has 2 heterocycles. The van der Waals surface area contributed by atoms with Crippen molar-refractivity contribution in [1.82, 2.24) is 9.88 Å². The number of likely N-dealkylation sites (tertiary alicyclic amines) is 1. The molecular weight excluding hydrogens is 296 g/mol. The van der Waals surface area contributed by atoms with Crippen molar-refractivity contribution in [2.24, 2.45) is 0 Å².